The highest BCUT2D eigenvalue weighted by Gasteiger charge is 2.42. The Bertz CT molecular complexity index is 602. The van der Waals surface area contributed by atoms with E-state index in [0.717, 1.165) is 44.2 Å². The second-order valence-electron chi connectivity index (χ2n) is 13.0. The first-order valence-corrected chi connectivity index (χ1v) is 21.9. The largest absolute Gasteiger partial charge is 0.517 e. The van der Waals surface area contributed by atoms with Gasteiger partial charge >= 0.3 is 8.80 Å². The van der Waals surface area contributed by atoms with E-state index in [1.54, 1.807) is 0 Å². The molecule has 1 aliphatic heterocycles. The van der Waals surface area contributed by atoms with Crippen molar-refractivity contribution in [1.29, 1.82) is 0 Å². The molecule has 7 heteroatoms. The molecule has 1 aliphatic rings. The Morgan fingerprint density at radius 1 is 0.721 bits per heavy atom. The molecule has 0 aromatic carbocycles. The molecule has 5 nitrogen and oxygen atoms in total. The molecular formula is C36H73NO4SSi. The van der Waals surface area contributed by atoms with Gasteiger partial charge in [-0.3, -0.25) is 9.32 Å². The Morgan fingerprint density at radius 3 is 1.77 bits per heavy atom. The van der Waals surface area contributed by atoms with Crippen LogP contribution < -0.4 is 5.48 Å². The van der Waals surface area contributed by atoms with Crippen LogP contribution in [0.5, 0.6) is 0 Å². The minimum Gasteiger partial charge on any atom is -0.373 e. The van der Waals surface area contributed by atoms with Gasteiger partial charge in [0.1, 0.15) is 0 Å². The SMILES string of the molecule is CCCCCCCCCCCCCCCCCCCC1CCO[Si](CCCSC(=O)CCCCCCC)(OCC)ONC1. The number of carbonyl (C=O) groups excluding carboxylic acids is 1. The van der Waals surface area contributed by atoms with Crippen molar-refractivity contribution in [2.75, 3.05) is 25.5 Å². The maximum atomic E-state index is 12.2. The third-order valence-electron chi connectivity index (χ3n) is 8.90. The molecule has 0 aliphatic carbocycles. The zero-order valence-electron chi connectivity index (χ0n) is 29.0. The van der Waals surface area contributed by atoms with Crippen molar-refractivity contribution < 1.29 is 18.2 Å². The van der Waals surface area contributed by atoms with E-state index in [9.17, 15) is 4.79 Å². The molecule has 0 aromatic heterocycles. The molecule has 0 amide bonds. The van der Waals surface area contributed by atoms with Crippen molar-refractivity contribution in [3.05, 3.63) is 0 Å². The number of hydrogen-bond acceptors (Lipinski definition) is 6. The number of unbranched alkanes of at least 4 members (excludes halogenated alkanes) is 20. The van der Waals surface area contributed by atoms with Crippen LogP contribution in [-0.4, -0.2) is 39.4 Å². The summed E-state index contributed by atoms with van der Waals surface area (Å²) in [4.78, 5) is 12.2. The summed E-state index contributed by atoms with van der Waals surface area (Å²) in [5, 5.41) is 0.327. The predicted molar refractivity (Wildman–Crippen MR) is 190 cm³/mol. The van der Waals surface area contributed by atoms with Crippen molar-refractivity contribution >= 4 is 25.7 Å². The first-order valence-electron chi connectivity index (χ1n) is 19.0. The van der Waals surface area contributed by atoms with E-state index >= 15 is 0 Å². The summed E-state index contributed by atoms with van der Waals surface area (Å²) in [7, 11) is -2.72. The summed E-state index contributed by atoms with van der Waals surface area (Å²) < 4.78 is 18.5. The quantitative estimate of drug-likeness (QED) is 0.0621. The Labute approximate surface area is 273 Å². The van der Waals surface area contributed by atoms with Crippen molar-refractivity contribution in [3.8, 4) is 0 Å². The molecule has 0 saturated carbocycles. The van der Waals surface area contributed by atoms with Gasteiger partial charge in [-0.25, -0.2) is 5.48 Å². The van der Waals surface area contributed by atoms with E-state index in [-0.39, 0.29) is 0 Å². The molecule has 43 heavy (non-hydrogen) atoms. The topological polar surface area (TPSA) is 56.8 Å². The first-order chi connectivity index (χ1) is 21.2. The second kappa shape index (κ2) is 30.7. The third-order valence-corrected chi connectivity index (χ3v) is 12.7. The fourth-order valence-electron chi connectivity index (χ4n) is 6.09. The molecule has 1 saturated heterocycles. The zero-order valence-corrected chi connectivity index (χ0v) is 30.9. The van der Waals surface area contributed by atoms with Gasteiger partial charge in [0, 0.05) is 38.0 Å². The lowest BCUT2D eigenvalue weighted by Crippen LogP contribution is -2.52. The lowest BCUT2D eigenvalue weighted by Gasteiger charge is -2.33. The average Bonchev–Trinajstić information content (AvgIpc) is 2.99. The highest BCUT2D eigenvalue weighted by molar-refractivity contribution is 8.13. The van der Waals surface area contributed by atoms with Crippen molar-refractivity contribution in [1.82, 2.24) is 5.48 Å². The number of hydrogen-bond donors (Lipinski definition) is 1. The van der Waals surface area contributed by atoms with Crippen LogP contribution in [0.4, 0.5) is 0 Å². The van der Waals surface area contributed by atoms with Gasteiger partial charge in [-0.1, -0.05) is 160 Å². The molecule has 0 bridgehead atoms. The second-order valence-corrected chi connectivity index (χ2v) is 16.8. The number of rotatable bonds is 30. The predicted octanol–water partition coefficient (Wildman–Crippen LogP) is 11.6. The standard InChI is InChI=1S/C36H73NO4SSi/c1-4-7-9-11-12-13-14-15-16-17-18-19-20-21-22-24-25-28-35-30-31-40-43(39-6-3,41-37-34-35)33-27-32-42-36(38)29-26-23-10-8-5-2/h35,37H,4-34H2,1-3H3. The number of hydroxylamine groups is 1. The van der Waals surface area contributed by atoms with Gasteiger partial charge in [-0.2, -0.15) is 0 Å². The average molecular weight is 644 g/mol. The van der Waals surface area contributed by atoms with Gasteiger partial charge < -0.3 is 8.85 Å². The number of nitrogens with one attached hydrogen (secondary N) is 1. The van der Waals surface area contributed by atoms with Gasteiger partial charge in [0.25, 0.3) is 0 Å². The van der Waals surface area contributed by atoms with Crippen LogP contribution in [0.15, 0.2) is 0 Å². The monoisotopic (exact) mass is 644 g/mol. The zero-order chi connectivity index (χ0) is 31.1. The van der Waals surface area contributed by atoms with Crippen molar-refractivity contribution in [2.24, 2.45) is 5.92 Å². The molecule has 2 atom stereocenters. The molecule has 0 aromatic rings. The maximum Gasteiger partial charge on any atom is 0.517 e. The highest BCUT2D eigenvalue weighted by atomic mass is 32.2. The van der Waals surface area contributed by atoms with E-state index in [4.69, 9.17) is 13.4 Å². The fourth-order valence-corrected chi connectivity index (χ4v) is 9.53. The van der Waals surface area contributed by atoms with Crippen LogP contribution in [0.2, 0.25) is 6.04 Å². The van der Waals surface area contributed by atoms with E-state index in [2.05, 4.69) is 19.3 Å². The van der Waals surface area contributed by atoms with Crippen molar-refractivity contribution in [2.45, 2.75) is 194 Å². The lowest BCUT2D eigenvalue weighted by atomic mass is 9.97. The molecule has 256 valence electrons. The summed E-state index contributed by atoms with van der Waals surface area (Å²) in [6.45, 7) is 8.73. The molecule has 0 spiro atoms. The highest BCUT2D eigenvalue weighted by Crippen LogP contribution is 2.24. The first kappa shape index (κ1) is 41.1. The van der Waals surface area contributed by atoms with Crippen LogP contribution in [0, 0.1) is 5.92 Å². The summed E-state index contributed by atoms with van der Waals surface area (Å²) in [6.07, 6.45) is 34.0. The Morgan fingerprint density at radius 2 is 1.23 bits per heavy atom. The Kier molecular flexibility index (Phi) is 29.4. The summed E-state index contributed by atoms with van der Waals surface area (Å²) in [6, 6.07) is 0.772. The molecule has 2 unspecified atom stereocenters. The van der Waals surface area contributed by atoms with Crippen LogP contribution in [-0.2, 0) is 18.2 Å². The van der Waals surface area contributed by atoms with E-state index < -0.39 is 8.80 Å². The minimum absolute atomic E-state index is 0.327. The van der Waals surface area contributed by atoms with Gasteiger partial charge in [0.05, 0.1) is 0 Å². The Hall–Kier alpha value is 0.0769. The van der Waals surface area contributed by atoms with Crippen molar-refractivity contribution in [3.63, 3.8) is 0 Å². The lowest BCUT2D eigenvalue weighted by molar-refractivity contribution is -0.111. The van der Waals surface area contributed by atoms with Crippen LogP contribution >= 0.6 is 11.8 Å². The normalized spacial score (nSPS) is 19.4. The Balaban J connectivity index is 2.02. The van der Waals surface area contributed by atoms with E-state index in [1.807, 2.05) is 6.92 Å². The van der Waals surface area contributed by atoms with E-state index in [1.165, 1.54) is 153 Å². The van der Waals surface area contributed by atoms with Gasteiger partial charge in [-0.15, -0.1) is 0 Å². The number of thioether (sulfide) groups is 1. The molecular weight excluding hydrogens is 571 g/mol. The third kappa shape index (κ3) is 24.9. The van der Waals surface area contributed by atoms with Crippen LogP contribution in [0.25, 0.3) is 0 Å². The fraction of sp³-hybridized carbons (Fsp3) is 0.972. The summed E-state index contributed by atoms with van der Waals surface area (Å²) >= 11 is 1.48. The summed E-state index contributed by atoms with van der Waals surface area (Å²) in [5.74, 6) is 1.43. The smallest absolute Gasteiger partial charge is 0.373 e. The molecule has 1 N–H and O–H groups in total. The summed E-state index contributed by atoms with van der Waals surface area (Å²) in [5.41, 5.74) is 3.25. The van der Waals surface area contributed by atoms with Gasteiger partial charge in [0.15, 0.2) is 5.12 Å². The number of carbonyl (C=O) groups is 1. The van der Waals surface area contributed by atoms with Crippen LogP contribution in [0.1, 0.15) is 188 Å². The maximum absolute atomic E-state index is 12.2. The molecule has 1 fully saturated rings. The van der Waals surface area contributed by atoms with Crippen LogP contribution in [0.3, 0.4) is 0 Å². The minimum atomic E-state index is -2.72. The molecule has 1 rings (SSSR count). The van der Waals surface area contributed by atoms with E-state index in [0.29, 0.717) is 24.1 Å². The van der Waals surface area contributed by atoms with Gasteiger partial charge in [-0.05, 0) is 38.5 Å². The molecule has 0 radical (unpaired) electrons. The van der Waals surface area contributed by atoms with Gasteiger partial charge in [0.2, 0.25) is 0 Å². The molecule has 1 heterocycles.